The van der Waals surface area contributed by atoms with Crippen molar-refractivity contribution in [1.29, 1.82) is 0 Å². The van der Waals surface area contributed by atoms with E-state index in [0.29, 0.717) is 0 Å². The van der Waals surface area contributed by atoms with Crippen molar-refractivity contribution in [1.82, 2.24) is 4.57 Å². The van der Waals surface area contributed by atoms with E-state index in [-0.39, 0.29) is 0 Å². The lowest BCUT2D eigenvalue weighted by molar-refractivity contribution is 1.18. The van der Waals surface area contributed by atoms with Crippen molar-refractivity contribution >= 4 is 87.4 Å². The summed E-state index contributed by atoms with van der Waals surface area (Å²) in [7, 11) is 0. The molecule has 0 aliphatic heterocycles. The smallest absolute Gasteiger partial charge is 0.0542 e. The first-order chi connectivity index (χ1) is 31.7. The maximum Gasteiger partial charge on any atom is 0.0542 e. The number of thiophene rings is 1. The average Bonchev–Trinajstić information content (AvgIpc) is 3.91. The van der Waals surface area contributed by atoms with Crippen molar-refractivity contribution in [2.75, 3.05) is 9.80 Å². The highest BCUT2D eigenvalue weighted by molar-refractivity contribution is 7.26. The average molecular weight is 836 g/mol. The van der Waals surface area contributed by atoms with E-state index in [1.165, 1.54) is 53.2 Å². The molecule has 12 aromatic rings. The van der Waals surface area contributed by atoms with Gasteiger partial charge < -0.3 is 14.4 Å². The summed E-state index contributed by atoms with van der Waals surface area (Å²) in [5.41, 5.74) is 15.0. The van der Waals surface area contributed by atoms with E-state index in [9.17, 15) is 0 Å². The van der Waals surface area contributed by atoms with Gasteiger partial charge >= 0.3 is 0 Å². The Labute approximate surface area is 376 Å². The van der Waals surface area contributed by atoms with Crippen LogP contribution in [-0.2, 0) is 0 Å². The first kappa shape index (κ1) is 37.6. The summed E-state index contributed by atoms with van der Waals surface area (Å²) in [6.07, 6.45) is 0. The van der Waals surface area contributed by atoms with E-state index >= 15 is 0 Å². The molecule has 3 nitrogen and oxygen atoms in total. The third-order valence-electron chi connectivity index (χ3n) is 12.4. The Bertz CT molecular complexity index is 3500. The Morgan fingerprint density at radius 1 is 0.297 bits per heavy atom. The molecule has 0 unspecified atom stereocenters. The second-order valence-electron chi connectivity index (χ2n) is 16.2. The predicted molar refractivity (Wildman–Crippen MR) is 274 cm³/mol. The van der Waals surface area contributed by atoms with Gasteiger partial charge in [-0.2, -0.15) is 0 Å². The minimum Gasteiger partial charge on any atom is -0.311 e. The number of rotatable bonds is 9. The number of nitrogens with zero attached hydrogens (tertiary/aromatic N) is 3. The number of hydrogen-bond acceptors (Lipinski definition) is 3. The molecule has 2 aromatic heterocycles. The summed E-state index contributed by atoms with van der Waals surface area (Å²) in [5, 5.41) is 5.03. The van der Waals surface area contributed by atoms with E-state index in [1.54, 1.807) is 0 Å². The summed E-state index contributed by atoms with van der Waals surface area (Å²) >= 11 is 1.88. The third-order valence-corrected chi connectivity index (χ3v) is 13.6. The number of fused-ring (bicyclic) bond motifs is 6. The van der Waals surface area contributed by atoms with Gasteiger partial charge in [0.15, 0.2) is 0 Å². The molecular formula is C60H41N3S. The molecule has 12 rings (SSSR count). The van der Waals surface area contributed by atoms with Crippen molar-refractivity contribution in [2.45, 2.75) is 0 Å². The van der Waals surface area contributed by atoms with Crippen molar-refractivity contribution in [3.63, 3.8) is 0 Å². The number of anilines is 6. The van der Waals surface area contributed by atoms with Gasteiger partial charge in [0.1, 0.15) is 0 Å². The van der Waals surface area contributed by atoms with Crippen molar-refractivity contribution < 1.29 is 0 Å². The lowest BCUT2D eigenvalue weighted by Gasteiger charge is -2.25. The minimum atomic E-state index is 1.10. The Morgan fingerprint density at radius 3 is 1.36 bits per heavy atom. The summed E-state index contributed by atoms with van der Waals surface area (Å²) in [4.78, 5) is 4.65. The summed E-state index contributed by atoms with van der Waals surface area (Å²) < 4.78 is 5.08. The second-order valence-corrected chi connectivity index (χ2v) is 17.2. The molecule has 0 atom stereocenters. The number of aromatic nitrogens is 1. The van der Waals surface area contributed by atoms with Crippen LogP contribution in [0, 0.1) is 0 Å². The molecule has 4 heteroatoms. The lowest BCUT2D eigenvalue weighted by atomic mass is 10.0. The van der Waals surface area contributed by atoms with Gasteiger partial charge in [0.05, 0.1) is 11.0 Å². The fraction of sp³-hybridized carbons (Fsp3) is 0. The minimum absolute atomic E-state index is 1.10. The van der Waals surface area contributed by atoms with Gasteiger partial charge in [-0.05, 0) is 131 Å². The van der Waals surface area contributed by atoms with Crippen LogP contribution in [0.15, 0.2) is 249 Å². The van der Waals surface area contributed by atoms with Gasteiger partial charge in [-0.25, -0.2) is 0 Å². The molecule has 0 saturated carbocycles. The molecule has 0 N–H and O–H groups in total. The molecule has 64 heavy (non-hydrogen) atoms. The SMILES string of the molecule is c1ccc(N(c2ccccc2)c2ccc(-c3ccc4c(c3)c3cc(N(c5ccccc5)c5ccccc5)ccc3n4-c3ccc(-c4cccc5c4sc4ccccc45)cc3)cc2)cc1. The Hall–Kier alpha value is -8.18. The van der Waals surface area contributed by atoms with Crippen LogP contribution in [0.3, 0.4) is 0 Å². The topological polar surface area (TPSA) is 11.4 Å². The molecule has 0 saturated heterocycles. The summed E-state index contributed by atoms with van der Waals surface area (Å²) in [5.74, 6) is 0. The molecule has 0 fully saturated rings. The van der Waals surface area contributed by atoms with Gasteiger partial charge in [-0.15, -0.1) is 11.3 Å². The normalized spacial score (nSPS) is 11.4. The van der Waals surface area contributed by atoms with Crippen LogP contribution in [-0.4, -0.2) is 4.57 Å². The second kappa shape index (κ2) is 15.9. The molecule has 2 heterocycles. The first-order valence-electron chi connectivity index (χ1n) is 21.8. The lowest BCUT2D eigenvalue weighted by Crippen LogP contribution is -2.09. The van der Waals surface area contributed by atoms with Crippen LogP contribution in [0.2, 0.25) is 0 Å². The van der Waals surface area contributed by atoms with Gasteiger partial charge in [0.2, 0.25) is 0 Å². The zero-order chi connectivity index (χ0) is 42.4. The highest BCUT2D eigenvalue weighted by Gasteiger charge is 2.19. The molecule has 302 valence electrons. The van der Waals surface area contributed by atoms with Gasteiger partial charge in [-0.3, -0.25) is 0 Å². The van der Waals surface area contributed by atoms with Crippen LogP contribution in [0.25, 0.3) is 69.9 Å². The Morgan fingerprint density at radius 2 is 0.750 bits per heavy atom. The summed E-state index contributed by atoms with van der Waals surface area (Å²) in [6, 6.07) is 89.9. The fourth-order valence-corrected chi connectivity index (χ4v) is 10.6. The van der Waals surface area contributed by atoms with Crippen LogP contribution in [0.1, 0.15) is 0 Å². The molecule has 0 amide bonds. The van der Waals surface area contributed by atoms with Crippen LogP contribution < -0.4 is 9.80 Å². The van der Waals surface area contributed by atoms with E-state index < -0.39 is 0 Å². The molecule has 0 radical (unpaired) electrons. The van der Waals surface area contributed by atoms with Crippen LogP contribution in [0.5, 0.6) is 0 Å². The maximum atomic E-state index is 2.43. The van der Waals surface area contributed by atoms with E-state index in [0.717, 1.165) is 50.8 Å². The van der Waals surface area contributed by atoms with Gasteiger partial charge in [0.25, 0.3) is 0 Å². The van der Waals surface area contributed by atoms with E-state index in [4.69, 9.17) is 0 Å². The highest BCUT2D eigenvalue weighted by Crippen LogP contribution is 2.43. The largest absolute Gasteiger partial charge is 0.311 e. The van der Waals surface area contributed by atoms with E-state index in [1.807, 2.05) is 11.3 Å². The molecule has 0 aliphatic carbocycles. The standard InChI is InChI=1S/C60H41N3S/c1-5-16-45(17-6-1)61(46-18-7-2-8-19-46)49-33-28-42(29-34-49)44-32-38-57-55(40-44)56-41-51(62(47-20-9-3-10-21-47)48-22-11-4-12-23-48)37-39-58(56)63(57)50-35-30-43(31-36-50)52-25-15-26-54-53-24-13-14-27-59(53)64-60(52)54/h1-41H. The van der Waals surface area contributed by atoms with Gasteiger partial charge in [0, 0.05) is 70.8 Å². The maximum absolute atomic E-state index is 2.43. The molecule has 0 aliphatic rings. The zero-order valence-electron chi connectivity index (χ0n) is 34.9. The predicted octanol–water partition coefficient (Wildman–Crippen LogP) is 17.4. The summed E-state index contributed by atoms with van der Waals surface area (Å²) in [6.45, 7) is 0. The molecule has 0 spiro atoms. The zero-order valence-corrected chi connectivity index (χ0v) is 35.7. The third kappa shape index (κ3) is 6.60. The monoisotopic (exact) mass is 835 g/mol. The number of para-hydroxylation sites is 4. The number of hydrogen-bond donors (Lipinski definition) is 0. The number of benzene rings is 10. The van der Waals surface area contributed by atoms with Crippen LogP contribution in [0.4, 0.5) is 34.1 Å². The highest BCUT2D eigenvalue weighted by atomic mass is 32.1. The Balaban J connectivity index is 0.998. The Kier molecular flexibility index (Phi) is 9.36. The van der Waals surface area contributed by atoms with Crippen molar-refractivity contribution in [2.24, 2.45) is 0 Å². The molecular weight excluding hydrogens is 795 g/mol. The first-order valence-corrected chi connectivity index (χ1v) is 22.6. The quantitative estimate of drug-likeness (QED) is 0.143. The van der Waals surface area contributed by atoms with E-state index in [2.05, 4.69) is 263 Å². The van der Waals surface area contributed by atoms with Crippen molar-refractivity contribution in [3.8, 4) is 27.9 Å². The fourth-order valence-electron chi connectivity index (χ4n) is 9.38. The molecule has 10 aromatic carbocycles. The van der Waals surface area contributed by atoms with Crippen molar-refractivity contribution in [3.05, 3.63) is 249 Å². The van der Waals surface area contributed by atoms with Crippen LogP contribution >= 0.6 is 11.3 Å². The van der Waals surface area contributed by atoms with Gasteiger partial charge in [-0.1, -0.05) is 140 Å². The molecule has 0 bridgehead atoms.